The lowest BCUT2D eigenvalue weighted by molar-refractivity contribution is 0.386. The Balaban J connectivity index is 2.26. The molecule has 0 saturated carbocycles. The lowest BCUT2D eigenvalue weighted by atomic mass is 9.96. The molecule has 0 aromatic carbocycles. The van der Waals surface area contributed by atoms with Crippen LogP contribution in [0, 0.1) is 5.92 Å². The molecule has 0 spiro atoms. The van der Waals surface area contributed by atoms with Gasteiger partial charge in [-0.3, -0.25) is 0 Å². The van der Waals surface area contributed by atoms with Gasteiger partial charge in [0, 0.05) is 20.1 Å². The maximum absolute atomic E-state index is 5.46. The van der Waals surface area contributed by atoms with Crippen LogP contribution in [-0.2, 0) is 0 Å². The standard InChI is InChI=1S/C13H22N4O/c1-4-10-6-5-7-17(8-10)13-11(18-3)12(14-2)15-9-16-13/h9-10H,4-8H2,1-3H3,(H,14,15,16). The van der Waals surface area contributed by atoms with Crippen LogP contribution in [0.5, 0.6) is 5.75 Å². The smallest absolute Gasteiger partial charge is 0.204 e. The minimum atomic E-state index is 0.747. The average molecular weight is 250 g/mol. The van der Waals surface area contributed by atoms with Crippen LogP contribution in [0.2, 0.25) is 0 Å². The van der Waals surface area contributed by atoms with Crippen molar-refractivity contribution in [3.8, 4) is 5.75 Å². The van der Waals surface area contributed by atoms with E-state index < -0.39 is 0 Å². The summed E-state index contributed by atoms with van der Waals surface area (Å²) in [4.78, 5) is 10.9. The lowest BCUT2D eigenvalue weighted by Gasteiger charge is -2.33. The second kappa shape index (κ2) is 5.89. The Bertz CT molecular complexity index is 397. The number of aromatic nitrogens is 2. The van der Waals surface area contributed by atoms with E-state index in [-0.39, 0.29) is 0 Å². The predicted molar refractivity (Wildman–Crippen MR) is 73.4 cm³/mol. The molecule has 2 heterocycles. The van der Waals surface area contributed by atoms with Gasteiger partial charge in [-0.1, -0.05) is 13.3 Å². The quantitative estimate of drug-likeness (QED) is 0.887. The first-order valence-corrected chi connectivity index (χ1v) is 6.61. The van der Waals surface area contributed by atoms with E-state index >= 15 is 0 Å². The third-order valence-corrected chi connectivity index (χ3v) is 3.62. The summed E-state index contributed by atoms with van der Waals surface area (Å²) in [6.07, 6.45) is 5.36. The van der Waals surface area contributed by atoms with Crippen LogP contribution in [-0.4, -0.2) is 37.2 Å². The third kappa shape index (κ3) is 2.49. The molecule has 1 N–H and O–H groups in total. The van der Waals surface area contributed by atoms with Gasteiger partial charge in [-0.05, 0) is 18.8 Å². The minimum absolute atomic E-state index is 0.747. The zero-order valence-corrected chi connectivity index (χ0v) is 11.4. The number of piperidine rings is 1. The monoisotopic (exact) mass is 250 g/mol. The second-order valence-electron chi connectivity index (χ2n) is 4.69. The van der Waals surface area contributed by atoms with Gasteiger partial charge in [0.05, 0.1) is 7.11 Å². The van der Waals surface area contributed by atoms with E-state index in [0.29, 0.717) is 0 Å². The maximum atomic E-state index is 5.46. The molecule has 5 heteroatoms. The van der Waals surface area contributed by atoms with E-state index in [4.69, 9.17) is 4.74 Å². The highest BCUT2D eigenvalue weighted by atomic mass is 16.5. The molecule has 0 bridgehead atoms. The summed E-state index contributed by atoms with van der Waals surface area (Å²) in [6, 6.07) is 0. The zero-order chi connectivity index (χ0) is 13.0. The van der Waals surface area contributed by atoms with Gasteiger partial charge < -0.3 is 15.0 Å². The van der Waals surface area contributed by atoms with Crippen LogP contribution in [0.3, 0.4) is 0 Å². The fourth-order valence-corrected chi connectivity index (χ4v) is 2.55. The fraction of sp³-hybridized carbons (Fsp3) is 0.692. The van der Waals surface area contributed by atoms with Crippen molar-refractivity contribution < 1.29 is 4.74 Å². The van der Waals surface area contributed by atoms with E-state index in [1.165, 1.54) is 19.3 Å². The SMILES string of the molecule is CCC1CCCN(c2ncnc(NC)c2OC)C1. The number of ether oxygens (including phenoxy) is 1. The van der Waals surface area contributed by atoms with Crippen LogP contribution in [0.25, 0.3) is 0 Å². The van der Waals surface area contributed by atoms with Crippen molar-refractivity contribution in [3.05, 3.63) is 6.33 Å². The number of rotatable bonds is 4. The minimum Gasteiger partial charge on any atom is -0.490 e. The molecule has 0 radical (unpaired) electrons. The Morgan fingerprint density at radius 1 is 1.50 bits per heavy atom. The first kappa shape index (κ1) is 12.9. The number of anilines is 2. The summed E-state index contributed by atoms with van der Waals surface area (Å²) in [5.41, 5.74) is 0. The molecule has 18 heavy (non-hydrogen) atoms. The average Bonchev–Trinajstić information content (AvgIpc) is 2.46. The second-order valence-corrected chi connectivity index (χ2v) is 4.69. The third-order valence-electron chi connectivity index (χ3n) is 3.62. The summed E-state index contributed by atoms with van der Waals surface area (Å²) >= 11 is 0. The first-order chi connectivity index (χ1) is 8.80. The number of nitrogens with one attached hydrogen (secondary N) is 1. The first-order valence-electron chi connectivity index (χ1n) is 6.61. The van der Waals surface area contributed by atoms with Crippen LogP contribution in [0.15, 0.2) is 6.33 Å². The largest absolute Gasteiger partial charge is 0.490 e. The highest BCUT2D eigenvalue weighted by Crippen LogP contribution is 2.34. The van der Waals surface area contributed by atoms with Gasteiger partial charge in [-0.15, -0.1) is 0 Å². The molecule has 1 aromatic heterocycles. The Kier molecular flexibility index (Phi) is 4.23. The van der Waals surface area contributed by atoms with Crippen molar-refractivity contribution in [3.63, 3.8) is 0 Å². The van der Waals surface area contributed by atoms with E-state index in [1.54, 1.807) is 13.4 Å². The van der Waals surface area contributed by atoms with Gasteiger partial charge in [0.1, 0.15) is 6.33 Å². The van der Waals surface area contributed by atoms with Gasteiger partial charge in [0.15, 0.2) is 11.6 Å². The summed E-state index contributed by atoms with van der Waals surface area (Å²) in [5.74, 6) is 3.17. The number of methoxy groups -OCH3 is 1. The van der Waals surface area contributed by atoms with Gasteiger partial charge in [-0.2, -0.15) is 0 Å². The van der Waals surface area contributed by atoms with Gasteiger partial charge >= 0.3 is 0 Å². The van der Waals surface area contributed by atoms with Gasteiger partial charge in [0.2, 0.25) is 5.75 Å². The zero-order valence-electron chi connectivity index (χ0n) is 11.4. The molecular weight excluding hydrogens is 228 g/mol. The van der Waals surface area contributed by atoms with Crippen LogP contribution < -0.4 is 15.0 Å². The topological polar surface area (TPSA) is 50.3 Å². The molecular formula is C13H22N4O. The molecule has 1 atom stereocenters. The van der Waals surface area contributed by atoms with Crippen molar-refractivity contribution in [1.29, 1.82) is 0 Å². The molecule has 5 nitrogen and oxygen atoms in total. The molecule has 100 valence electrons. The number of nitrogens with zero attached hydrogens (tertiary/aromatic N) is 3. The molecule has 1 fully saturated rings. The Morgan fingerprint density at radius 3 is 3.00 bits per heavy atom. The Hall–Kier alpha value is -1.52. The molecule has 0 amide bonds. The van der Waals surface area contributed by atoms with Crippen LogP contribution in [0.1, 0.15) is 26.2 Å². The van der Waals surface area contributed by atoms with E-state index in [2.05, 4.69) is 27.1 Å². The lowest BCUT2D eigenvalue weighted by Crippen LogP contribution is -2.36. The van der Waals surface area contributed by atoms with Crippen molar-refractivity contribution in [2.45, 2.75) is 26.2 Å². The molecule has 1 aromatic rings. The highest BCUT2D eigenvalue weighted by molar-refractivity contribution is 5.64. The summed E-state index contributed by atoms with van der Waals surface area (Å²) in [5, 5.41) is 3.05. The summed E-state index contributed by atoms with van der Waals surface area (Å²) in [7, 11) is 3.52. The van der Waals surface area contributed by atoms with Gasteiger partial charge in [-0.25, -0.2) is 9.97 Å². The summed E-state index contributed by atoms with van der Waals surface area (Å²) < 4.78 is 5.46. The normalized spacial score (nSPS) is 19.7. The molecule has 1 aliphatic rings. The summed E-state index contributed by atoms with van der Waals surface area (Å²) in [6.45, 7) is 4.37. The van der Waals surface area contributed by atoms with Crippen LogP contribution in [0.4, 0.5) is 11.6 Å². The number of hydrogen-bond acceptors (Lipinski definition) is 5. The van der Waals surface area contributed by atoms with E-state index in [9.17, 15) is 0 Å². The molecule has 0 aliphatic carbocycles. The van der Waals surface area contributed by atoms with Crippen molar-refractivity contribution in [2.24, 2.45) is 5.92 Å². The number of hydrogen-bond donors (Lipinski definition) is 1. The van der Waals surface area contributed by atoms with Crippen LogP contribution >= 0.6 is 0 Å². The molecule has 2 rings (SSSR count). The van der Waals surface area contributed by atoms with Crippen molar-refractivity contribution >= 4 is 11.6 Å². The Morgan fingerprint density at radius 2 is 2.33 bits per heavy atom. The maximum Gasteiger partial charge on any atom is 0.204 e. The predicted octanol–water partition coefficient (Wildman–Crippen LogP) is 2.15. The fourth-order valence-electron chi connectivity index (χ4n) is 2.55. The van der Waals surface area contributed by atoms with Crippen molar-refractivity contribution in [2.75, 3.05) is 37.5 Å². The highest BCUT2D eigenvalue weighted by Gasteiger charge is 2.23. The Labute approximate surface area is 109 Å². The van der Waals surface area contributed by atoms with Crippen molar-refractivity contribution in [1.82, 2.24) is 9.97 Å². The van der Waals surface area contributed by atoms with Gasteiger partial charge in [0.25, 0.3) is 0 Å². The van der Waals surface area contributed by atoms with E-state index in [1.807, 2.05) is 7.05 Å². The molecule has 1 unspecified atom stereocenters. The van der Waals surface area contributed by atoms with E-state index in [0.717, 1.165) is 36.4 Å². The molecule has 1 saturated heterocycles. The molecule has 1 aliphatic heterocycles.